The van der Waals surface area contributed by atoms with Crippen LogP contribution in [0.25, 0.3) is 33.3 Å². The number of benzene rings is 3. The van der Waals surface area contributed by atoms with Crippen LogP contribution in [0.4, 0.5) is 4.39 Å². The molecular weight excluding hydrogens is 313 g/mol. The number of rotatable bonds is 2. The molecule has 122 valence electrons. The molecule has 25 heavy (non-hydrogen) atoms. The van der Waals surface area contributed by atoms with Gasteiger partial charge in [-0.1, -0.05) is 54.6 Å². The molecule has 3 aromatic carbocycles. The molecule has 1 heterocycles. The summed E-state index contributed by atoms with van der Waals surface area (Å²) in [5, 5.41) is 0.687. The molecule has 0 spiro atoms. The van der Waals surface area contributed by atoms with Crippen LogP contribution in [0.5, 0.6) is 0 Å². The quantitative estimate of drug-likeness (QED) is 0.531. The maximum absolute atomic E-state index is 13.9. The summed E-state index contributed by atoms with van der Waals surface area (Å²) in [6.07, 6.45) is 0. The minimum absolute atomic E-state index is 0.0301. The maximum Gasteiger partial charge on any atom is 0.192 e. The molecular formula is C22H16FNO. The first-order valence-corrected chi connectivity index (χ1v) is 8.12. The van der Waals surface area contributed by atoms with Crippen LogP contribution in [0.15, 0.2) is 77.6 Å². The second-order valence-corrected chi connectivity index (χ2v) is 6.06. The SMILES string of the molecule is Cc1c(-c2ccc(-c3ccccc3F)cc2)[nH]c2ccccc2c1=O. The molecule has 4 aromatic rings. The fraction of sp³-hybridized carbons (Fsp3) is 0.0455. The van der Waals surface area contributed by atoms with Crippen molar-refractivity contribution in [1.29, 1.82) is 0 Å². The Morgan fingerprint density at radius 3 is 2.20 bits per heavy atom. The van der Waals surface area contributed by atoms with E-state index in [0.29, 0.717) is 16.5 Å². The van der Waals surface area contributed by atoms with Crippen molar-refractivity contribution in [1.82, 2.24) is 4.98 Å². The lowest BCUT2D eigenvalue weighted by atomic mass is 9.99. The van der Waals surface area contributed by atoms with E-state index < -0.39 is 0 Å². The molecule has 1 aromatic heterocycles. The van der Waals surface area contributed by atoms with Crippen LogP contribution >= 0.6 is 0 Å². The van der Waals surface area contributed by atoms with Gasteiger partial charge in [-0.05, 0) is 36.2 Å². The summed E-state index contributed by atoms with van der Waals surface area (Å²) in [4.78, 5) is 15.9. The summed E-state index contributed by atoms with van der Waals surface area (Å²) in [5.41, 5.74) is 4.59. The van der Waals surface area contributed by atoms with E-state index in [0.717, 1.165) is 22.3 Å². The highest BCUT2D eigenvalue weighted by Crippen LogP contribution is 2.27. The molecule has 2 nitrogen and oxygen atoms in total. The second kappa shape index (κ2) is 6.02. The van der Waals surface area contributed by atoms with Crippen LogP contribution in [0, 0.1) is 12.7 Å². The summed E-state index contributed by atoms with van der Waals surface area (Å²) in [6.45, 7) is 1.82. The first kappa shape index (κ1) is 15.3. The Morgan fingerprint density at radius 1 is 0.800 bits per heavy atom. The van der Waals surface area contributed by atoms with Crippen LogP contribution in [0.3, 0.4) is 0 Å². The number of halogens is 1. The lowest BCUT2D eigenvalue weighted by Crippen LogP contribution is -2.09. The van der Waals surface area contributed by atoms with Gasteiger partial charge in [0.2, 0.25) is 0 Å². The maximum atomic E-state index is 13.9. The number of hydrogen-bond donors (Lipinski definition) is 1. The lowest BCUT2D eigenvalue weighted by molar-refractivity contribution is 0.631. The molecule has 0 atom stereocenters. The molecule has 0 amide bonds. The van der Waals surface area contributed by atoms with Gasteiger partial charge >= 0.3 is 0 Å². The predicted octanol–water partition coefficient (Wildman–Crippen LogP) is 5.31. The van der Waals surface area contributed by atoms with Crippen LogP contribution in [0.2, 0.25) is 0 Å². The number of para-hydroxylation sites is 1. The Hall–Kier alpha value is -3.20. The molecule has 0 unspecified atom stereocenters. The van der Waals surface area contributed by atoms with Gasteiger partial charge in [0.05, 0.1) is 5.69 Å². The van der Waals surface area contributed by atoms with Crippen molar-refractivity contribution in [3.05, 3.63) is 94.4 Å². The van der Waals surface area contributed by atoms with E-state index in [1.807, 2.05) is 61.5 Å². The Labute approximate surface area is 144 Å². The van der Waals surface area contributed by atoms with Gasteiger partial charge in [-0.15, -0.1) is 0 Å². The standard InChI is InChI=1S/C22H16FNO/c1-14-21(24-20-9-5-3-7-18(20)22(14)25)16-12-10-15(11-13-16)17-6-2-4-8-19(17)23/h2-13H,1H3,(H,24,25). The van der Waals surface area contributed by atoms with E-state index in [1.165, 1.54) is 6.07 Å². The summed E-state index contributed by atoms with van der Waals surface area (Å²) >= 11 is 0. The average molecular weight is 329 g/mol. The highest BCUT2D eigenvalue weighted by atomic mass is 19.1. The van der Waals surface area contributed by atoms with E-state index in [2.05, 4.69) is 4.98 Å². The highest BCUT2D eigenvalue weighted by molar-refractivity contribution is 5.83. The van der Waals surface area contributed by atoms with Gasteiger partial charge in [-0.3, -0.25) is 4.79 Å². The Morgan fingerprint density at radius 2 is 1.44 bits per heavy atom. The van der Waals surface area contributed by atoms with Crippen molar-refractivity contribution in [2.24, 2.45) is 0 Å². The molecule has 0 radical (unpaired) electrons. The van der Waals surface area contributed by atoms with Crippen LogP contribution in [0.1, 0.15) is 5.56 Å². The van der Waals surface area contributed by atoms with Gasteiger partial charge in [0, 0.05) is 22.0 Å². The number of aromatic amines is 1. The van der Waals surface area contributed by atoms with E-state index >= 15 is 0 Å². The van der Waals surface area contributed by atoms with Crippen molar-refractivity contribution in [3.8, 4) is 22.4 Å². The minimum Gasteiger partial charge on any atom is -0.354 e. The normalized spacial score (nSPS) is 11.0. The van der Waals surface area contributed by atoms with Crippen molar-refractivity contribution < 1.29 is 4.39 Å². The van der Waals surface area contributed by atoms with Crippen LogP contribution in [-0.4, -0.2) is 4.98 Å². The van der Waals surface area contributed by atoms with Gasteiger partial charge < -0.3 is 4.98 Å². The third-order valence-corrected chi connectivity index (χ3v) is 4.51. The van der Waals surface area contributed by atoms with Gasteiger partial charge in [0.25, 0.3) is 0 Å². The van der Waals surface area contributed by atoms with Crippen molar-refractivity contribution >= 4 is 10.9 Å². The summed E-state index contributed by atoms with van der Waals surface area (Å²) in [7, 11) is 0. The molecule has 1 N–H and O–H groups in total. The molecule has 4 rings (SSSR count). The zero-order valence-electron chi connectivity index (χ0n) is 13.7. The Balaban J connectivity index is 1.84. The Kier molecular flexibility index (Phi) is 3.69. The summed E-state index contributed by atoms with van der Waals surface area (Å²) in [5.74, 6) is -0.245. The molecule has 0 saturated carbocycles. The molecule has 0 aliphatic carbocycles. The number of hydrogen-bond acceptors (Lipinski definition) is 1. The number of pyridine rings is 1. The predicted molar refractivity (Wildman–Crippen MR) is 100 cm³/mol. The van der Waals surface area contributed by atoms with E-state index in [-0.39, 0.29) is 11.2 Å². The van der Waals surface area contributed by atoms with Gasteiger partial charge in [0.15, 0.2) is 5.43 Å². The van der Waals surface area contributed by atoms with E-state index in [4.69, 9.17) is 0 Å². The second-order valence-electron chi connectivity index (χ2n) is 6.06. The summed E-state index contributed by atoms with van der Waals surface area (Å²) < 4.78 is 13.9. The number of fused-ring (bicyclic) bond motifs is 1. The third kappa shape index (κ3) is 2.64. The van der Waals surface area contributed by atoms with Crippen LogP contribution < -0.4 is 5.43 Å². The number of aromatic nitrogens is 1. The monoisotopic (exact) mass is 329 g/mol. The smallest absolute Gasteiger partial charge is 0.192 e. The number of H-pyrrole nitrogens is 1. The van der Waals surface area contributed by atoms with E-state index in [1.54, 1.807) is 12.1 Å². The fourth-order valence-corrected chi connectivity index (χ4v) is 3.13. The first-order valence-electron chi connectivity index (χ1n) is 8.12. The van der Waals surface area contributed by atoms with Crippen molar-refractivity contribution in [2.45, 2.75) is 6.92 Å². The van der Waals surface area contributed by atoms with Gasteiger partial charge in [-0.25, -0.2) is 4.39 Å². The largest absolute Gasteiger partial charge is 0.354 e. The average Bonchev–Trinajstić information content (AvgIpc) is 2.65. The highest BCUT2D eigenvalue weighted by Gasteiger charge is 2.10. The van der Waals surface area contributed by atoms with E-state index in [9.17, 15) is 9.18 Å². The first-order chi connectivity index (χ1) is 12.1. The molecule has 0 aliphatic rings. The molecule has 0 bridgehead atoms. The molecule has 0 saturated heterocycles. The van der Waals surface area contributed by atoms with Crippen LogP contribution in [-0.2, 0) is 0 Å². The topological polar surface area (TPSA) is 32.9 Å². The molecule has 0 fully saturated rings. The number of nitrogens with one attached hydrogen (secondary N) is 1. The molecule has 3 heteroatoms. The van der Waals surface area contributed by atoms with Gasteiger partial charge in [0.1, 0.15) is 5.82 Å². The fourth-order valence-electron chi connectivity index (χ4n) is 3.13. The lowest BCUT2D eigenvalue weighted by Gasteiger charge is -2.10. The Bertz CT molecular complexity index is 1130. The minimum atomic E-state index is -0.245. The zero-order valence-corrected chi connectivity index (χ0v) is 13.7. The third-order valence-electron chi connectivity index (χ3n) is 4.51. The summed E-state index contributed by atoms with van der Waals surface area (Å²) in [6, 6.07) is 21.8. The van der Waals surface area contributed by atoms with Gasteiger partial charge in [-0.2, -0.15) is 0 Å². The van der Waals surface area contributed by atoms with Crippen molar-refractivity contribution in [3.63, 3.8) is 0 Å². The zero-order chi connectivity index (χ0) is 17.4. The molecule has 0 aliphatic heterocycles. The van der Waals surface area contributed by atoms with Crippen molar-refractivity contribution in [2.75, 3.05) is 0 Å².